The molecule has 14 heteroatoms. The zero-order valence-electron chi connectivity index (χ0n) is 27.6. The Bertz CT molecular complexity index is 1650. The largest absolute Gasteiger partial charge is 0.491 e. The molecule has 4 aliphatic rings. The first-order valence-corrected chi connectivity index (χ1v) is 17.7. The maximum Gasteiger partial charge on any atom is 0.334 e. The van der Waals surface area contributed by atoms with Gasteiger partial charge in [0.2, 0.25) is 12.1 Å². The molecule has 260 valence electrons. The highest BCUT2D eigenvalue weighted by Crippen LogP contribution is 2.40. The Balaban J connectivity index is 0.952. The van der Waals surface area contributed by atoms with E-state index in [-0.39, 0.29) is 12.1 Å². The van der Waals surface area contributed by atoms with Gasteiger partial charge in [-0.1, -0.05) is 60.8 Å². The molecule has 1 aliphatic carbocycles. The zero-order valence-corrected chi connectivity index (χ0v) is 29.2. The van der Waals surface area contributed by atoms with E-state index >= 15 is 0 Å². The van der Waals surface area contributed by atoms with Crippen LogP contribution in [0.2, 0.25) is 10.0 Å². The van der Waals surface area contributed by atoms with Gasteiger partial charge in [0.1, 0.15) is 30.7 Å². The first-order chi connectivity index (χ1) is 23.9. The molecule has 2 aromatic carbocycles. The molecule has 1 aromatic heterocycles. The minimum Gasteiger partial charge on any atom is -0.491 e. The van der Waals surface area contributed by atoms with Crippen molar-refractivity contribution in [3.05, 3.63) is 95.0 Å². The van der Waals surface area contributed by atoms with Gasteiger partial charge in [0.15, 0.2) is 0 Å². The second kappa shape index (κ2) is 14.7. The fourth-order valence-corrected chi connectivity index (χ4v) is 7.62. The number of carbonyl (C=O) groups is 1. The Morgan fingerprint density at radius 3 is 2.65 bits per heavy atom. The van der Waals surface area contributed by atoms with Crippen LogP contribution in [0.1, 0.15) is 31.7 Å². The van der Waals surface area contributed by atoms with E-state index < -0.39 is 11.4 Å². The number of amides is 2. The van der Waals surface area contributed by atoms with E-state index in [1.54, 1.807) is 24.8 Å². The molecule has 0 saturated carbocycles. The van der Waals surface area contributed by atoms with Crippen molar-refractivity contribution in [2.75, 3.05) is 57.5 Å². The molecule has 12 nitrogen and oxygen atoms in total. The van der Waals surface area contributed by atoms with E-state index in [0.717, 1.165) is 63.4 Å². The van der Waals surface area contributed by atoms with Crippen LogP contribution in [0.3, 0.4) is 0 Å². The standard InChI is InChI=1S/C35H42Cl2N8O4/c1-2-3-15-44-26-45(33(46)40-44)34(13-5-4-6-14-34)43-18-16-42(17-19-43)28-8-10-29(11-9-28)47-21-30-22-48-35(49-30,23-41-24-38-39-25-41)31-12-7-27(36)20-32(31)37/h4-13,20,24-25,30H,2-3,14-19,21-23,26H2,1H3,(H,40,46)/p+1. The smallest absolute Gasteiger partial charge is 0.334 e. The van der Waals surface area contributed by atoms with Gasteiger partial charge in [0, 0.05) is 60.5 Å². The van der Waals surface area contributed by atoms with Crippen molar-refractivity contribution in [2.45, 2.75) is 50.3 Å². The van der Waals surface area contributed by atoms with Gasteiger partial charge in [-0.15, -0.1) is 5.10 Å². The van der Waals surface area contributed by atoms with Crippen LogP contribution in [-0.2, 0) is 21.8 Å². The van der Waals surface area contributed by atoms with Gasteiger partial charge in [-0.2, -0.15) is 0 Å². The lowest BCUT2D eigenvalue weighted by Crippen LogP contribution is -2.65. The topological polar surface area (TPSA) is 102 Å². The molecule has 3 aliphatic heterocycles. The fraction of sp³-hybridized carbons (Fsp3) is 0.457. The van der Waals surface area contributed by atoms with Crippen LogP contribution in [0.15, 0.2) is 79.4 Å². The number of anilines is 1. The molecule has 0 spiro atoms. The van der Waals surface area contributed by atoms with Crippen LogP contribution in [0, 0.1) is 0 Å². The van der Waals surface area contributed by atoms with Crippen LogP contribution in [0.4, 0.5) is 10.5 Å². The van der Waals surface area contributed by atoms with Crippen molar-refractivity contribution < 1.29 is 23.6 Å². The third-order valence-electron chi connectivity index (χ3n) is 9.65. The Morgan fingerprint density at radius 1 is 1.10 bits per heavy atom. The van der Waals surface area contributed by atoms with E-state index in [1.165, 1.54) is 0 Å². The van der Waals surface area contributed by atoms with Crippen molar-refractivity contribution >= 4 is 34.9 Å². The molecule has 3 atom stereocenters. The molecular formula is C35H43Cl2N8O4+. The third kappa shape index (κ3) is 7.17. The van der Waals surface area contributed by atoms with Gasteiger partial charge in [-0.3, -0.25) is 15.2 Å². The maximum absolute atomic E-state index is 13.2. The molecule has 7 rings (SSSR count). The van der Waals surface area contributed by atoms with Gasteiger partial charge >= 0.3 is 6.03 Å². The minimum absolute atomic E-state index is 0.0278. The summed E-state index contributed by atoms with van der Waals surface area (Å²) in [7, 11) is 0. The summed E-state index contributed by atoms with van der Waals surface area (Å²) in [5.74, 6) is -0.367. The summed E-state index contributed by atoms with van der Waals surface area (Å²) in [6, 6.07) is 13.5. The summed E-state index contributed by atoms with van der Waals surface area (Å²) in [6.07, 6.45) is 14.5. The SMILES string of the molecule is CCCCN1CN(C2(N3CCN(c4ccc(OCC5COC(C[n+]6cn[nH]c6)(c6ccc(Cl)cc6Cl)O5)cc4)CC3)C=CC=CC2)C(=O)N1. The minimum atomic E-state index is -1.12. The average molecular weight is 711 g/mol. The quantitative estimate of drug-likeness (QED) is 0.262. The molecule has 0 bridgehead atoms. The molecular weight excluding hydrogens is 667 g/mol. The number of ether oxygens (including phenoxy) is 3. The number of aromatic amines is 1. The average Bonchev–Trinajstić information content (AvgIpc) is 3.88. The Labute approximate surface area is 296 Å². The number of aromatic nitrogens is 3. The third-order valence-corrected chi connectivity index (χ3v) is 10.2. The highest BCUT2D eigenvalue weighted by atomic mass is 35.5. The Hall–Kier alpha value is -3.65. The Kier molecular flexibility index (Phi) is 10.1. The molecule has 2 amide bonds. The van der Waals surface area contributed by atoms with Crippen LogP contribution in [0.5, 0.6) is 5.75 Å². The molecule has 49 heavy (non-hydrogen) atoms. The number of benzene rings is 2. The summed E-state index contributed by atoms with van der Waals surface area (Å²) in [5.41, 5.74) is 4.44. The predicted octanol–water partition coefficient (Wildman–Crippen LogP) is 4.69. The van der Waals surface area contributed by atoms with Crippen LogP contribution in [0.25, 0.3) is 0 Å². The molecule has 3 fully saturated rings. The van der Waals surface area contributed by atoms with Crippen molar-refractivity contribution in [1.82, 2.24) is 30.4 Å². The van der Waals surface area contributed by atoms with Crippen molar-refractivity contribution in [1.29, 1.82) is 0 Å². The fourth-order valence-electron chi connectivity index (χ4n) is 7.07. The van der Waals surface area contributed by atoms with Gasteiger partial charge in [-0.05, 0) is 48.9 Å². The number of nitrogens with one attached hydrogen (secondary N) is 2. The highest BCUT2D eigenvalue weighted by molar-refractivity contribution is 6.35. The second-order valence-electron chi connectivity index (χ2n) is 12.9. The lowest BCUT2D eigenvalue weighted by atomic mass is 9.96. The first kappa shape index (κ1) is 33.8. The number of H-pyrrole nitrogens is 1. The van der Waals surface area contributed by atoms with Crippen molar-refractivity contribution in [2.24, 2.45) is 0 Å². The number of halogens is 2. The summed E-state index contributed by atoms with van der Waals surface area (Å²) in [4.78, 5) is 20.0. The monoisotopic (exact) mass is 709 g/mol. The number of hydrazine groups is 1. The molecule has 2 N–H and O–H groups in total. The van der Waals surface area contributed by atoms with Gasteiger partial charge < -0.3 is 19.1 Å². The van der Waals surface area contributed by atoms with E-state index in [4.69, 9.17) is 37.4 Å². The molecule has 3 saturated heterocycles. The summed E-state index contributed by atoms with van der Waals surface area (Å²) >= 11 is 12.8. The predicted molar refractivity (Wildman–Crippen MR) is 186 cm³/mol. The lowest BCUT2D eigenvalue weighted by molar-refractivity contribution is -0.720. The van der Waals surface area contributed by atoms with Gasteiger partial charge in [0.25, 0.3) is 6.33 Å². The molecule has 0 radical (unpaired) electrons. The van der Waals surface area contributed by atoms with E-state index in [9.17, 15) is 4.79 Å². The number of urea groups is 1. The van der Waals surface area contributed by atoms with Crippen LogP contribution < -0.4 is 19.6 Å². The molecule has 3 unspecified atom stereocenters. The lowest BCUT2D eigenvalue weighted by Gasteiger charge is -2.50. The first-order valence-electron chi connectivity index (χ1n) is 16.9. The molecule has 4 heterocycles. The van der Waals surface area contributed by atoms with Crippen LogP contribution in [-0.4, -0.2) is 95.4 Å². The maximum atomic E-state index is 13.2. The summed E-state index contributed by atoms with van der Waals surface area (Å²) < 4.78 is 20.8. The Morgan fingerprint density at radius 2 is 1.94 bits per heavy atom. The van der Waals surface area contributed by atoms with Crippen molar-refractivity contribution in [3.63, 3.8) is 0 Å². The summed E-state index contributed by atoms with van der Waals surface area (Å²) in [5, 5.41) is 9.90. The van der Waals surface area contributed by atoms with Gasteiger partial charge in [-0.25, -0.2) is 14.4 Å². The van der Waals surface area contributed by atoms with Gasteiger partial charge in [0.05, 0.1) is 18.3 Å². The number of piperazine rings is 1. The number of unbranched alkanes of at least 4 members (excludes halogenated alkanes) is 1. The number of rotatable bonds is 12. The molecule has 3 aromatic rings. The van der Waals surface area contributed by atoms with E-state index in [1.807, 2.05) is 32.7 Å². The summed E-state index contributed by atoms with van der Waals surface area (Å²) in [6.45, 7) is 7.98. The van der Waals surface area contributed by atoms with E-state index in [0.29, 0.717) is 42.0 Å². The van der Waals surface area contributed by atoms with Crippen LogP contribution >= 0.6 is 23.2 Å². The number of hydrogen-bond donors (Lipinski definition) is 2. The number of hydrogen-bond acceptors (Lipinski definition) is 8. The second-order valence-corrected chi connectivity index (χ2v) is 13.7. The zero-order chi connectivity index (χ0) is 33.8. The normalized spacial score (nSPS) is 26.1. The van der Waals surface area contributed by atoms with E-state index in [2.05, 4.69) is 68.8 Å². The number of allylic oxidation sites excluding steroid dienone is 2. The number of carbonyl (C=O) groups excluding carboxylic acids is 1. The van der Waals surface area contributed by atoms with Crippen molar-refractivity contribution in [3.8, 4) is 5.75 Å². The number of nitrogens with zero attached hydrogens (tertiary/aromatic N) is 6. The highest BCUT2D eigenvalue weighted by Gasteiger charge is 2.48.